The number of fused-ring (bicyclic) bond motifs is 3. The molecule has 0 amide bonds. The van der Waals surface area contributed by atoms with Gasteiger partial charge in [0, 0.05) is 29.2 Å². The van der Waals surface area contributed by atoms with Crippen molar-refractivity contribution in [2.45, 2.75) is 45.5 Å². The van der Waals surface area contributed by atoms with Gasteiger partial charge in [0.05, 0.1) is 5.92 Å². The predicted molar refractivity (Wildman–Crippen MR) is 108 cm³/mol. The van der Waals surface area contributed by atoms with Gasteiger partial charge in [-0.2, -0.15) is 0 Å². The third-order valence-electron chi connectivity index (χ3n) is 5.62. The van der Waals surface area contributed by atoms with Crippen molar-refractivity contribution in [3.05, 3.63) is 54.2 Å². The molecule has 3 aromatic rings. The number of ketones is 1. The van der Waals surface area contributed by atoms with Crippen molar-refractivity contribution in [1.29, 1.82) is 0 Å². The molecule has 1 aliphatic carbocycles. The van der Waals surface area contributed by atoms with Crippen molar-refractivity contribution in [3.8, 4) is 0 Å². The summed E-state index contributed by atoms with van der Waals surface area (Å²) < 4.78 is 11.1. The first-order chi connectivity index (χ1) is 13.8. The second kappa shape index (κ2) is 7.15. The van der Waals surface area contributed by atoms with E-state index in [0.717, 1.165) is 35.0 Å². The smallest absolute Gasteiger partial charge is 0.328 e. The number of nitrogens with zero attached hydrogens (tertiary/aromatic N) is 3. The molecule has 7 heteroatoms. The van der Waals surface area contributed by atoms with Gasteiger partial charge in [0.1, 0.15) is 24.5 Å². The Bertz CT molecular complexity index is 1090. The summed E-state index contributed by atoms with van der Waals surface area (Å²) in [5.74, 6) is -0.317. The number of carbonyl (C=O) groups is 2. The highest BCUT2D eigenvalue weighted by molar-refractivity contribution is 6.11. The first kappa shape index (κ1) is 19.4. The summed E-state index contributed by atoms with van der Waals surface area (Å²) in [4.78, 5) is 25.1. The van der Waals surface area contributed by atoms with Crippen LogP contribution in [0.25, 0.3) is 10.9 Å². The molecule has 2 heterocycles. The number of carbonyl (C=O) groups excluding carboxylic acids is 2. The molecule has 0 fully saturated rings. The summed E-state index contributed by atoms with van der Waals surface area (Å²) in [6, 6.07) is 8.09. The maximum absolute atomic E-state index is 13.3. The standard InChI is InChI=1S/C22H27N4O3/c1-22(2,23)21(28)29-14-26-11-10-25(13-26)12-15-8-9-18-19(20(15)27)16-6-4-5-7-17(16)24(18)3/h4-7,10-11,13,15H,8-9,12,14,23H2,1-3H3/q+1. The van der Waals surface area contributed by atoms with Gasteiger partial charge in [-0.25, -0.2) is 13.9 Å². The largest absolute Gasteiger partial charge is 0.423 e. The number of aryl methyl sites for hydroxylation is 1. The van der Waals surface area contributed by atoms with Gasteiger partial charge in [0.25, 0.3) is 0 Å². The zero-order valence-corrected chi connectivity index (χ0v) is 17.1. The maximum Gasteiger partial charge on any atom is 0.328 e. The number of ether oxygens (including phenoxy) is 1. The van der Waals surface area contributed by atoms with E-state index in [0.29, 0.717) is 6.54 Å². The van der Waals surface area contributed by atoms with E-state index >= 15 is 0 Å². The fourth-order valence-electron chi connectivity index (χ4n) is 4.03. The maximum atomic E-state index is 13.3. The highest BCUT2D eigenvalue weighted by atomic mass is 16.5. The molecular weight excluding hydrogens is 368 g/mol. The van der Waals surface area contributed by atoms with E-state index in [9.17, 15) is 9.59 Å². The number of nitrogens with two attached hydrogens (primary N) is 1. The van der Waals surface area contributed by atoms with Crippen LogP contribution in [-0.4, -0.2) is 26.4 Å². The number of aromatic nitrogens is 3. The van der Waals surface area contributed by atoms with E-state index in [-0.39, 0.29) is 18.4 Å². The van der Waals surface area contributed by atoms with Crippen LogP contribution in [0.1, 0.15) is 36.3 Å². The van der Waals surface area contributed by atoms with Crippen molar-refractivity contribution < 1.29 is 18.9 Å². The van der Waals surface area contributed by atoms with Crippen LogP contribution in [0, 0.1) is 5.92 Å². The quantitative estimate of drug-likeness (QED) is 0.529. The average Bonchev–Trinajstić information content (AvgIpc) is 3.24. The Kier molecular flexibility index (Phi) is 4.78. The van der Waals surface area contributed by atoms with Gasteiger partial charge >= 0.3 is 5.97 Å². The zero-order valence-electron chi connectivity index (χ0n) is 17.1. The van der Waals surface area contributed by atoms with Crippen molar-refractivity contribution in [1.82, 2.24) is 9.13 Å². The lowest BCUT2D eigenvalue weighted by molar-refractivity contribution is -0.727. The van der Waals surface area contributed by atoms with E-state index in [1.54, 1.807) is 18.4 Å². The number of rotatable bonds is 5. The van der Waals surface area contributed by atoms with Gasteiger partial charge in [0.2, 0.25) is 13.1 Å². The van der Waals surface area contributed by atoms with Gasteiger partial charge < -0.3 is 15.0 Å². The Morgan fingerprint density at radius 3 is 2.86 bits per heavy atom. The number of benzene rings is 1. The summed E-state index contributed by atoms with van der Waals surface area (Å²) in [5, 5.41) is 1.04. The highest BCUT2D eigenvalue weighted by Gasteiger charge is 2.33. The monoisotopic (exact) mass is 395 g/mol. The predicted octanol–water partition coefficient (Wildman–Crippen LogP) is 1.95. The summed E-state index contributed by atoms with van der Waals surface area (Å²) in [7, 11) is 2.04. The van der Waals surface area contributed by atoms with Gasteiger partial charge in [0.15, 0.2) is 5.78 Å². The fraction of sp³-hybridized carbons (Fsp3) is 0.409. The minimum absolute atomic E-state index is 0.0697. The number of Topliss-reactive ketones (excluding diaryl/α,β-unsaturated/α-hetero) is 1. The van der Waals surface area contributed by atoms with Crippen LogP contribution >= 0.6 is 0 Å². The molecule has 2 N–H and O–H groups in total. The number of esters is 1. The third kappa shape index (κ3) is 3.58. The molecule has 4 rings (SSSR count). The van der Waals surface area contributed by atoms with Gasteiger partial charge in [-0.1, -0.05) is 18.2 Å². The SMILES string of the molecule is Cn1c2c(c3ccccc31)C(=O)C(Cn1cc[n+](COC(=O)C(C)(C)N)c1)CC2. The summed E-state index contributed by atoms with van der Waals surface area (Å²) in [6.07, 6.45) is 7.29. The molecule has 0 aliphatic heterocycles. The number of hydrogen-bond donors (Lipinski definition) is 1. The molecule has 29 heavy (non-hydrogen) atoms. The number of imidazole rings is 1. The van der Waals surface area contributed by atoms with Crippen LogP contribution in [0.4, 0.5) is 0 Å². The number of hydrogen-bond acceptors (Lipinski definition) is 4. The first-order valence-corrected chi connectivity index (χ1v) is 9.87. The lowest BCUT2D eigenvalue weighted by Gasteiger charge is -2.20. The van der Waals surface area contributed by atoms with E-state index < -0.39 is 11.5 Å². The molecule has 1 unspecified atom stereocenters. The van der Waals surface area contributed by atoms with Crippen LogP contribution < -0.4 is 10.3 Å². The Labute approximate surface area is 169 Å². The molecule has 7 nitrogen and oxygen atoms in total. The minimum Gasteiger partial charge on any atom is -0.423 e. The molecule has 0 saturated carbocycles. The van der Waals surface area contributed by atoms with Crippen molar-refractivity contribution in [2.24, 2.45) is 18.7 Å². The minimum atomic E-state index is -1.02. The Morgan fingerprint density at radius 2 is 2.10 bits per heavy atom. The van der Waals surface area contributed by atoms with Gasteiger partial charge in [-0.05, 0) is 32.8 Å². The molecule has 0 spiro atoms. The molecule has 1 aliphatic rings. The van der Waals surface area contributed by atoms with Crippen molar-refractivity contribution >= 4 is 22.7 Å². The number of para-hydroxylation sites is 1. The summed E-state index contributed by atoms with van der Waals surface area (Å²) >= 11 is 0. The van der Waals surface area contributed by atoms with E-state index in [1.807, 2.05) is 48.5 Å². The van der Waals surface area contributed by atoms with E-state index in [4.69, 9.17) is 10.5 Å². The highest BCUT2D eigenvalue weighted by Crippen LogP contribution is 2.34. The second-order valence-corrected chi connectivity index (χ2v) is 8.40. The Hall–Kier alpha value is -2.93. The summed E-state index contributed by atoms with van der Waals surface area (Å²) in [6.45, 7) is 3.92. The molecule has 1 atom stereocenters. The third-order valence-corrected chi connectivity index (χ3v) is 5.62. The normalized spacial score (nSPS) is 16.8. The lowest BCUT2D eigenvalue weighted by Crippen LogP contribution is -2.45. The second-order valence-electron chi connectivity index (χ2n) is 8.40. The molecule has 1 aromatic carbocycles. The zero-order chi connectivity index (χ0) is 20.8. The molecule has 0 saturated heterocycles. The molecule has 2 aromatic heterocycles. The van der Waals surface area contributed by atoms with Crippen molar-refractivity contribution in [3.63, 3.8) is 0 Å². The first-order valence-electron chi connectivity index (χ1n) is 9.87. The van der Waals surface area contributed by atoms with Crippen LogP contribution in [0.15, 0.2) is 43.0 Å². The van der Waals surface area contributed by atoms with Gasteiger partial charge in [-0.3, -0.25) is 4.79 Å². The summed E-state index contributed by atoms with van der Waals surface area (Å²) in [5.41, 5.74) is 7.83. The van der Waals surface area contributed by atoms with E-state index in [2.05, 4.69) is 10.6 Å². The van der Waals surface area contributed by atoms with Crippen LogP contribution in [0.3, 0.4) is 0 Å². The molecular formula is C22H27N4O3+. The molecule has 152 valence electrons. The topological polar surface area (TPSA) is 83.1 Å². The molecule has 0 bridgehead atoms. The molecule has 0 radical (unpaired) electrons. The van der Waals surface area contributed by atoms with Crippen LogP contribution in [-0.2, 0) is 36.3 Å². The van der Waals surface area contributed by atoms with Crippen LogP contribution in [0.2, 0.25) is 0 Å². The van der Waals surface area contributed by atoms with Crippen LogP contribution in [0.5, 0.6) is 0 Å². The van der Waals surface area contributed by atoms with E-state index in [1.165, 1.54) is 0 Å². The fourth-order valence-corrected chi connectivity index (χ4v) is 4.03. The van der Waals surface area contributed by atoms with Gasteiger partial charge in [-0.15, -0.1) is 0 Å². The lowest BCUT2D eigenvalue weighted by atomic mass is 9.85. The Balaban J connectivity index is 1.48. The Morgan fingerprint density at radius 1 is 1.34 bits per heavy atom. The average molecular weight is 395 g/mol. The van der Waals surface area contributed by atoms with Crippen molar-refractivity contribution in [2.75, 3.05) is 0 Å².